The van der Waals surface area contributed by atoms with Crippen LogP contribution in [0.1, 0.15) is 18.1 Å². The van der Waals surface area contributed by atoms with Crippen molar-refractivity contribution in [1.82, 2.24) is 15.0 Å². The Hall–Kier alpha value is -3.06. The molecule has 0 unspecified atom stereocenters. The van der Waals surface area contributed by atoms with E-state index in [0.29, 0.717) is 12.0 Å². The van der Waals surface area contributed by atoms with E-state index in [1.807, 2.05) is 36.4 Å². The standard InChI is InChI=1S/C21H22N4O2S/c1-3-8-15-9-7-10-16(20(15)27)13-22-24-19(26)14-28-21-23-17-11-5-6-12-18(17)25(21)4-2/h3,5-7,9-13,27H,1,4,8,14H2,2H3,(H,24,26). The Morgan fingerprint density at radius 3 is 2.93 bits per heavy atom. The number of nitrogens with one attached hydrogen (secondary N) is 1. The van der Waals surface area contributed by atoms with E-state index in [0.717, 1.165) is 28.3 Å². The number of carbonyl (C=O) groups excluding carboxylic acids is 1. The van der Waals surface area contributed by atoms with E-state index in [9.17, 15) is 9.90 Å². The molecule has 2 N–H and O–H groups in total. The Labute approximate surface area is 168 Å². The number of allylic oxidation sites excluding steroid dienone is 1. The highest BCUT2D eigenvalue weighted by atomic mass is 32.2. The summed E-state index contributed by atoms with van der Waals surface area (Å²) in [5.41, 5.74) is 5.77. The zero-order chi connectivity index (χ0) is 19.9. The number of phenolic OH excluding ortho intramolecular Hbond substituents is 1. The van der Waals surface area contributed by atoms with Gasteiger partial charge in [-0.25, -0.2) is 10.4 Å². The highest BCUT2D eigenvalue weighted by Crippen LogP contribution is 2.24. The van der Waals surface area contributed by atoms with E-state index in [-0.39, 0.29) is 17.4 Å². The van der Waals surface area contributed by atoms with Crippen LogP contribution >= 0.6 is 11.8 Å². The number of carbonyl (C=O) groups is 1. The third-order valence-electron chi connectivity index (χ3n) is 4.18. The Kier molecular flexibility index (Phi) is 6.49. The van der Waals surface area contributed by atoms with Gasteiger partial charge in [-0.1, -0.05) is 42.1 Å². The van der Waals surface area contributed by atoms with Crippen molar-refractivity contribution in [2.75, 3.05) is 5.75 Å². The first-order valence-electron chi connectivity index (χ1n) is 8.95. The molecule has 0 aliphatic rings. The van der Waals surface area contributed by atoms with Crippen LogP contribution in [0.25, 0.3) is 11.0 Å². The number of aromatic hydroxyl groups is 1. The molecule has 144 valence electrons. The summed E-state index contributed by atoms with van der Waals surface area (Å²) >= 11 is 1.37. The molecule has 3 rings (SSSR count). The van der Waals surface area contributed by atoms with Crippen molar-refractivity contribution in [3.05, 3.63) is 66.2 Å². The number of amides is 1. The van der Waals surface area contributed by atoms with Crippen molar-refractivity contribution in [1.29, 1.82) is 0 Å². The predicted octanol–water partition coefficient (Wildman–Crippen LogP) is 3.73. The van der Waals surface area contributed by atoms with Crippen LogP contribution in [0.15, 0.2) is 65.4 Å². The third kappa shape index (κ3) is 4.43. The molecule has 0 atom stereocenters. The van der Waals surface area contributed by atoms with Gasteiger partial charge in [0.15, 0.2) is 5.16 Å². The highest BCUT2D eigenvalue weighted by Gasteiger charge is 2.11. The van der Waals surface area contributed by atoms with Gasteiger partial charge in [-0.3, -0.25) is 4.79 Å². The lowest BCUT2D eigenvalue weighted by atomic mass is 10.1. The smallest absolute Gasteiger partial charge is 0.250 e. The lowest BCUT2D eigenvalue weighted by Gasteiger charge is -2.05. The van der Waals surface area contributed by atoms with E-state index in [2.05, 4.69) is 33.6 Å². The molecule has 1 aromatic heterocycles. The molecule has 3 aromatic rings. The number of hydrogen-bond acceptors (Lipinski definition) is 5. The van der Waals surface area contributed by atoms with Crippen LogP contribution < -0.4 is 5.43 Å². The van der Waals surface area contributed by atoms with Crippen LogP contribution in [0.4, 0.5) is 0 Å². The zero-order valence-electron chi connectivity index (χ0n) is 15.6. The van der Waals surface area contributed by atoms with E-state index >= 15 is 0 Å². The Morgan fingerprint density at radius 1 is 1.32 bits per heavy atom. The minimum atomic E-state index is -0.238. The van der Waals surface area contributed by atoms with Crippen molar-refractivity contribution in [2.45, 2.75) is 25.0 Å². The second kappa shape index (κ2) is 9.23. The van der Waals surface area contributed by atoms with Gasteiger partial charge in [0, 0.05) is 12.1 Å². The number of nitrogens with zero attached hydrogens (tertiary/aromatic N) is 3. The fourth-order valence-corrected chi connectivity index (χ4v) is 3.71. The second-order valence-corrected chi connectivity index (χ2v) is 7.00. The lowest BCUT2D eigenvalue weighted by Crippen LogP contribution is -2.20. The predicted molar refractivity (Wildman–Crippen MR) is 114 cm³/mol. The first-order chi connectivity index (χ1) is 13.6. The number of hydrazone groups is 1. The van der Waals surface area contributed by atoms with Crippen molar-refractivity contribution < 1.29 is 9.90 Å². The maximum atomic E-state index is 12.1. The van der Waals surface area contributed by atoms with Crippen LogP contribution in [-0.4, -0.2) is 32.5 Å². The maximum Gasteiger partial charge on any atom is 0.250 e. The van der Waals surface area contributed by atoms with Crippen molar-refractivity contribution >= 4 is 34.9 Å². The fraction of sp³-hybridized carbons (Fsp3) is 0.190. The molecule has 1 amide bonds. The van der Waals surface area contributed by atoms with Gasteiger partial charge in [-0.15, -0.1) is 6.58 Å². The highest BCUT2D eigenvalue weighted by molar-refractivity contribution is 7.99. The third-order valence-corrected chi connectivity index (χ3v) is 5.15. The summed E-state index contributed by atoms with van der Waals surface area (Å²) in [5, 5.41) is 15.0. The molecule has 0 aliphatic heterocycles. The molecule has 0 spiro atoms. The number of para-hydroxylation sites is 3. The number of benzene rings is 2. The number of phenols is 1. The molecule has 0 saturated heterocycles. The first kappa shape index (κ1) is 19.7. The summed E-state index contributed by atoms with van der Waals surface area (Å²) in [4.78, 5) is 16.7. The molecule has 0 bridgehead atoms. The minimum Gasteiger partial charge on any atom is -0.507 e. The summed E-state index contributed by atoms with van der Waals surface area (Å²) < 4.78 is 2.08. The quantitative estimate of drug-likeness (QED) is 0.264. The van der Waals surface area contributed by atoms with Gasteiger partial charge in [-0.05, 0) is 37.1 Å². The summed E-state index contributed by atoms with van der Waals surface area (Å²) in [7, 11) is 0. The Morgan fingerprint density at radius 2 is 2.14 bits per heavy atom. The average Bonchev–Trinajstić information content (AvgIpc) is 3.07. The SMILES string of the molecule is C=CCc1cccc(C=NNC(=O)CSc2nc3ccccc3n2CC)c1O. The summed E-state index contributed by atoms with van der Waals surface area (Å²) in [6.45, 7) is 6.50. The molecule has 2 aromatic carbocycles. The van der Waals surface area contributed by atoms with E-state index in [1.54, 1.807) is 12.1 Å². The summed E-state index contributed by atoms with van der Waals surface area (Å²) in [5.74, 6) is 0.104. The number of hydrogen-bond donors (Lipinski definition) is 2. The minimum absolute atomic E-state index is 0.145. The number of rotatable bonds is 8. The van der Waals surface area contributed by atoms with Crippen LogP contribution in [0.2, 0.25) is 0 Å². The monoisotopic (exact) mass is 394 g/mol. The van der Waals surface area contributed by atoms with E-state index in [4.69, 9.17) is 0 Å². The Balaban J connectivity index is 1.60. The molecule has 0 fully saturated rings. The van der Waals surface area contributed by atoms with Gasteiger partial charge in [0.2, 0.25) is 0 Å². The van der Waals surface area contributed by atoms with Gasteiger partial charge < -0.3 is 9.67 Å². The largest absolute Gasteiger partial charge is 0.507 e. The molecule has 0 saturated carbocycles. The zero-order valence-corrected chi connectivity index (χ0v) is 16.4. The second-order valence-electron chi connectivity index (χ2n) is 6.06. The number of aryl methyl sites for hydroxylation is 1. The van der Waals surface area contributed by atoms with Crippen LogP contribution in [0.5, 0.6) is 5.75 Å². The molecule has 0 aliphatic carbocycles. The normalized spacial score (nSPS) is 11.2. The Bertz CT molecular complexity index is 1030. The van der Waals surface area contributed by atoms with Crippen LogP contribution in [-0.2, 0) is 17.8 Å². The van der Waals surface area contributed by atoms with Crippen molar-refractivity contribution in [3.8, 4) is 5.75 Å². The van der Waals surface area contributed by atoms with E-state index in [1.165, 1.54) is 18.0 Å². The van der Waals surface area contributed by atoms with Gasteiger partial charge >= 0.3 is 0 Å². The van der Waals surface area contributed by atoms with Crippen LogP contribution in [0.3, 0.4) is 0 Å². The summed E-state index contributed by atoms with van der Waals surface area (Å²) in [6.07, 6.45) is 3.72. The van der Waals surface area contributed by atoms with Crippen molar-refractivity contribution in [2.24, 2.45) is 5.10 Å². The van der Waals surface area contributed by atoms with Gasteiger partial charge in [0.05, 0.1) is 23.0 Å². The van der Waals surface area contributed by atoms with Crippen LogP contribution in [0, 0.1) is 0 Å². The topological polar surface area (TPSA) is 79.5 Å². The van der Waals surface area contributed by atoms with Gasteiger partial charge in [0.1, 0.15) is 5.75 Å². The number of imidazole rings is 1. The molecule has 7 heteroatoms. The maximum absolute atomic E-state index is 12.1. The van der Waals surface area contributed by atoms with Gasteiger partial charge in [-0.2, -0.15) is 5.10 Å². The molecule has 6 nitrogen and oxygen atoms in total. The molecular weight excluding hydrogens is 372 g/mol. The first-order valence-corrected chi connectivity index (χ1v) is 9.94. The number of thioether (sulfide) groups is 1. The van der Waals surface area contributed by atoms with Crippen molar-refractivity contribution in [3.63, 3.8) is 0 Å². The van der Waals surface area contributed by atoms with E-state index < -0.39 is 0 Å². The molecule has 1 heterocycles. The lowest BCUT2D eigenvalue weighted by molar-refractivity contribution is -0.118. The molecular formula is C21H22N4O2S. The summed E-state index contributed by atoms with van der Waals surface area (Å²) in [6, 6.07) is 13.3. The number of aromatic nitrogens is 2. The fourth-order valence-electron chi connectivity index (χ4n) is 2.84. The number of fused-ring (bicyclic) bond motifs is 1. The van der Waals surface area contributed by atoms with Gasteiger partial charge in [0.25, 0.3) is 5.91 Å². The molecule has 28 heavy (non-hydrogen) atoms. The average molecular weight is 395 g/mol. The molecule has 0 radical (unpaired) electrons.